The first kappa shape index (κ1) is 16.8. The van der Waals surface area contributed by atoms with E-state index in [1.54, 1.807) is 43.3 Å². The molecule has 0 unspecified atom stereocenters. The number of rotatable bonds is 3. The number of hydrogen-bond acceptors (Lipinski definition) is 6. The van der Waals surface area contributed by atoms with Gasteiger partial charge < -0.3 is 14.3 Å². The Bertz CT molecular complexity index is 1090. The van der Waals surface area contributed by atoms with Crippen molar-refractivity contribution in [3.8, 4) is 17.1 Å². The average Bonchev–Trinajstić information content (AvgIpc) is 3.19. The minimum atomic E-state index is -0.802. The first-order chi connectivity index (χ1) is 13.0. The minimum absolute atomic E-state index is 0.0227. The zero-order valence-corrected chi connectivity index (χ0v) is 14.3. The molecule has 6 heteroatoms. The third-order valence-corrected chi connectivity index (χ3v) is 4.44. The Morgan fingerprint density at radius 1 is 1.00 bits per heavy atom. The third-order valence-electron chi connectivity index (χ3n) is 4.44. The lowest BCUT2D eigenvalue weighted by atomic mass is 9.79. The van der Waals surface area contributed by atoms with Crippen LogP contribution in [0.15, 0.2) is 53.1 Å². The number of esters is 1. The van der Waals surface area contributed by atoms with Crippen molar-refractivity contribution < 1.29 is 28.6 Å². The van der Waals surface area contributed by atoms with Gasteiger partial charge in [0.1, 0.15) is 17.1 Å². The number of ether oxygens (including phenoxy) is 1. The van der Waals surface area contributed by atoms with E-state index in [1.807, 2.05) is 0 Å². The Hall–Kier alpha value is -3.67. The summed E-state index contributed by atoms with van der Waals surface area (Å²) in [5.74, 6) is -1.89. The fourth-order valence-electron chi connectivity index (χ4n) is 3.32. The van der Waals surface area contributed by atoms with Gasteiger partial charge in [-0.2, -0.15) is 0 Å². The summed E-state index contributed by atoms with van der Waals surface area (Å²) in [6.07, 6.45) is 1.38. The maximum Gasteiger partial charge on any atom is 0.342 e. The molecule has 0 fully saturated rings. The van der Waals surface area contributed by atoms with Crippen LogP contribution in [-0.4, -0.2) is 29.2 Å². The first-order valence-corrected chi connectivity index (χ1v) is 8.34. The van der Waals surface area contributed by atoms with Crippen molar-refractivity contribution in [3.63, 3.8) is 0 Å². The highest BCUT2D eigenvalue weighted by molar-refractivity contribution is 6.31. The normalized spacial score (nSPS) is 12.5. The third kappa shape index (κ3) is 2.45. The molecule has 0 bridgehead atoms. The van der Waals surface area contributed by atoms with Gasteiger partial charge in [0.2, 0.25) is 0 Å². The molecule has 0 atom stereocenters. The second-order valence-electron chi connectivity index (χ2n) is 5.97. The van der Waals surface area contributed by atoms with Gasteiger partial charge in [-0.1, -0.05) is 24.3 Å². The van der Waals surface area contributed by atoms with Crippen LogP contribution >= 0.6 is 0 Å². The summed E-state index contributed by atoms with van der Waals surface area (Å²) in [7, 11) is 0. The first-order valence-electron chi connectivity index (χ1n) is 8.34. The van der Waals surface area contributed by atoms with Crippen molar-refractivity contribution in [1.82, 2.24) is 0 Å². The summed E-state index contributed by atoms with van der Waals surface area (Å²) in [4.78, 5) is 38.6. The molecule has 27 heavy (non-hydrogen) atoms. The number of phenols is 1. The lowest BCUT2D eigenvalue weighted by molar-refractivity contribution is 0.0523. The molecule has 6 nitrogen and oxygen atoms in total. The lowest BCUT2D eigenvalue weighted by Gasteiger charge is -2.22. The highest BCUT2D eigenvalue weighted by Gasteiger charge is 2.37. The topological polar surface area (TPSA) is 93.8 Å². The Morgan fingerprint density at radius 2 is 1.70 bits per heavy atom. The zero-order chi connectivity index (χ0) is 19.1. The SMILES string of the molecule is CCOC(=O)c1c(O)cc2c(c1-c1ccco1)C(=O)c1ccccc1C2=O. The largest absolute Gasteiger partial charge is 0.507 e. The summed E-state index contributed by atoms with van der Waals surface area (Å²) in [6.45, 7) is 1.72. The second kappa shape index (κ2) is 6.25. The number of benzene rings is 2. The molecule has 1 aromatic heterocycles. The van der Waals surface area contributed by atoms with Gasteiger partial charge in [-0.25, -0.2) is 4.79 Å². The van der Waals surface area contributed by atoms with E-state index in [0.717, 1.165) is 6.07 Å². The van der Waals surface area contributed by atoms with Crippen LogP contribution in [0.5, 0.6) is 5.75 Å². The van der Waals surface area contributed by atoms with Gasteiger partial charge >= 0.3 is 5.97 Å². The van der Waals surface area contributed by atoms with Crippen LogP contribution in [0.1, 0.15) is 49.1 Å². The van der Waals surface area contributed by atoms with Crippen LogP contribution < -0.4 is 0 Å². The van der Waals surface area contributed by atoms with Crippen LogP contribution in [-0.2, 0) is 4.74 Å². The van der Waals surface area contributed by atoms with Crippen LogP contribution in [0.3, 0.4) is 0 Å². The molecule has 0 saturated carbocycles. The quantitative estimate of drug-likeness (QED) is 0.560. The van der Waals surface area contributed by atoms with Crippen molar-refractivity contribution >= 4 is 17.5 Å². The molecule has 4 rings (SSSR count). The summed E-state index contributed by atoms with van der Waals surface area (Å²) in [6, 6.07) is 10.7. The summed E-state index contributed by atoms with van der Waals surface area (Å²) in [5, 5.41) is 10.5. The van der Waals surface area contributed by atoms with E-state index in [-0.39, 0.29) is 45.7 Å². The Kier molecular flexibility index (Phi) is 3.88. The molecule has 3 aromatic rings. The molecule has 0 spiro atoms. The maximum absolute atomic E-state index is 13.2. The van der Waals surface area contributed by atoms with Crippen LogP contribution in [0, 0.1) is 0 Å². The van der Waals surface area contributed by atoms with Crippen molar-refractivity contribution in [2.75, 3.05) is 6.61 Å². The highest BCUT2D eigenvalue weighted by Crippen LogP contribution is 2.41. The number of carbonyl (C=O) groups excluding carboxylic acids is 3. The van der Waals surface area contributed by atoms with E-state index in [4.69, 9.17) is 9.15 Å². The van der Waals surface area contributed by atoms with Gasteiger partial charge in [-0.15, -0.1) is 0 Å². The molecular formula is C21H14O6. The van der Waals surface area contributed by atoms with E-state index in [9.17, 15) is 19.5 Å². The Morgan fingerprint density at radius 3 is 2.33 bits per heavy atom. The number of furan rings is 1. The van der Waals surface area contributed by atoms with Crippen LogP contribution in [0.4, 0.5) is 0 Å². The minimum Gasteiger partial charge on any atom is -0.507 e. The van der Waals surface area contributed by atoms with Crippen molar-refractivity contribution in [2.45, 2.75) is 6.92 Å². The van der Waals surface area contributed by atoms with E-state index in [0.29, 0.717) is 0 Å². The number of aromatic hydroxyl groups is 1. The number of fused-ring (bicyclic) bond motifs is 2. The van der Waals surface area contributed by atoms with Gasteiger partial charge in [-0.05, 0) is 25.1 Å². The molecule has 1 aliphatic carbocycles. The van der Waals surface area contributed by atoms with Gasteiger partial charge in [0, 0.05) is 27.8 Å². The molecule has 1 N–H and O–H groups in total. The number of ketones is 2. The fraction of sp³-hybridized carbons (Fsp3) is 0.0952. The van der Waals surface area contributed by atoms with Gasteiger partial charge in [0.15, 0.2) is 11.6 Å². The Balaban J connectivity index is 2.09. The monoisotopic (exact) mass is 362 g/mol. The van der Waals surface area contributed by atoms with E-state index in [2.05, 4.69) is 0 Å². The van der Waals surface area contributed by atoms with E-state index in [1.165, 1.54) is 6.26 Å². The number of phenolic OH excluding ortho intramolecular Hbond substituents is 1. The summed E-state index contributed by atoms with van der Waals surface area (Å²) >= 11 is 0. The van der Waals surface area contributed by atoms with Crippen LogP contribution in [0.2, 0.25) is 0 Å². The lowest BCUT2D eigenvalue weighted by Crippen LogP contribution is -2.23. The van der Waals surface area contributed by atoms with Crippen molar-refractivity contribution in [2.24, 2.45) is 0 Å². The molecule has 1 aliphatic rings. The van der Waals surface area contributed by atoms with Crippen molar-refractivity contribution in [1.29, 1.82) is 0 Å². The second-order valence-corrected chi connectivity index (χ2v) is 5.97. The molecule has 0 amide bonds. The number of hydrogen-bond donors (Lipinski definition) is 1. The molecule has 1 heterocycles. The summed E-state index contributed by atoms with van der Waals surface area (Å²) < 4.78 is 10.4. The smallest absolute Gasteiger partial charge is 0.342 e. The predicted octanol–water partition coefficient (Wildman–Crippen LogP) is 3.60. The van der Waals surface area contributed by atoms with Gasteiger partial charge in [-0.3, -0.25) is 9.59 Å². The maximum atomic E-state index is 13.2. The predicted molar refractivity (Wildman–Crippen MR) is 95.1 cm³/mol. The summed E-state index contributed by atoms with van der Waals surface area (Å²) in [5.41, 5.74) is 0.393. The molecule has 2 aromatic carbocycles. The molecule has 0 aliphatic heterocycles. The van der Waals surface area contributed by atoms with Gasteiger partial charge in [0.25, 0.3) is 0 Å². The molecule has 0 radical (unpaired) electrons. The standard InChI is InChI=1S/C21H14O6/c1-2-26-21(25)17-14(22)10-13-16(18(17)15-8-5-9-27-15)20(24)12-7-4-3-6-11(12)19(13)23/h3-10,22H,2H2,1H3. The highest BCUT2D eigenvalue weighted by atomic mass is 16.5. The van der Waals surface area contributed by atoms with E-state index >= 15 is 0 Å². The molecule has 0 saturated heterocycles. The van der Waals surface area contributed by atoms with E-state index < -0.39 is 23.3 Å². The Labute approximate surface area is 154 Å². The average molecular weight is 362 g/mol. The van der Waals surface area contributed by atoms with Crippen molar-refractivity contribution in [3.05, 3.63) is 76.5 Å². The number of carbonyl (C=O) groups is 3. The van der Waals surface area contributed by atoms with Crippen LogP contribution in [0.25, 0.3) is 11.3 Å². The zero-order valence-electron chi connectivity index (χ0n) is 14.3. The molecule has 134 valence electrons. The fourth-order valence-corrected chi connectivity index (χ4v) is 3.32. The molecular weight excluding hydrogens is 348 g/mol. The van der Waals surface area contributed by atoms with Gasteiger partial charge in [0.05, 0.1) is 12.9 Å².